The summed E-state index contributed by atoms with van der Waals surface area (Å²) in [6, 6.07) is -3.43. The third-order valence-electron chi connectivity index (χ3n) is 23.3. The molecule has 0 bridgehead atoms. The first kappa shape index (κ1) is 105. The Labute approximate surface area is 694 Å². The summed E-state index contributed by atoms with van der Waals surface area (Å²) in [4.78, 5) is 40.7. The van der Waals surface area contributed by atoms with Crippen molar-refractivity contribution in [1.82, 2.24) is 10.6 Å². The number of carboxylic acids is 1. The van der Waals surface area contributed by atoms with Crippen LogP contribution in [0.4, 0.5) is 0 Å². The number of unbranched alkanes of at least 4 members (excludes halogenated alkanes) is 26. The second kappa shape index (κ2) is 54.3. The number of hydrogen-bond acceptors (Lipinski definition) is 37. The summed E-state index contributed by atoms with van der Waals surface area (Å²) in [5, 5.41) is 260. The summed E-state index contributed by atoms with van der Waals surface area (Å²) in [6.45, 7) is -2.21. The number of ether oxygens (including phenoxy) is 12. The summed E-state index contributed by atoms with van der Waals surface area (Å²) >= 11 is 0. The highest BCUT2D eigenvalue weighted by atomic mass is 16.8. The maximum atomic E-state index is 14.0. The van der Waals surface area contributed by atoms with E-state index in [9.17, 15) is 132 Å². The van der Waals surface area contributed by atoms with Crippen molar-refractivity contribution < 1.29 is 189 Å². The fourth-order valence-corrected chi connectivity index (χ4v) is 16.1. The summed E-state index contributed by atoms with van der Waals surface area (Å²) in [5.74, 6) is -7.52. The molecular formula is C79H144N2O38. The van der Waals surface area contributed by atoms with E-state index < -0.39 is 285 Å². The first-order valence-corrected chi connectivity index (χ1v) is 43.1. The Bertz CT molecular complexity index is 2770. The van der Waals surface area contributed by atoms with E-state index >= 15 is 0 Å². The van der Waals surface area contributed by atoms with Crippen molar-refractivity contribution >= 4 is 17.8 Å². The molecule has 0 saturated carbocycles. The molecule has 0 radical (unpaired) electrons. The summed E-state index contributed by atoms with van der Waals surface area (Å²) in [5.41, 5.74) is 0. The predicted molar refractivity (Wildman–Crippen MR) is 411 cm³/mol. The molecule has 0 spiro atoms. The molecule has 35 atom stereocenters. The smallest absolute Gasteiger partial charge is 0.364 e. The lowest BCUT2D eigenvalue weighted by Gasteiger charge is -2.52. The Hall–Kier alpha value is -2.95. The lowest BCUT2D eigenvalue weighted by Crippen LogP contribution is -2.72. The zero-order valence-corrected chi connectivity index (χ0v) is 68.9. The molecule has 6 saturated heterocycles. The molecule has 6 aliphatic rings. The fraction of sp³-hybridized carbons (Fsp3) is 0.962. The molecule has 698 valence electrons. The minimum atomic E-state index is -3.44. The van der Waals surface area contributed by atoms with E-state index in [1.54, 1.807) is 0 Å². The van der Waals surface area contributed by atoms with Crippen molar-refractivity contribution in [3.63, 3.8) is 0 Å². The van der Waals surface area contributed by atoms with Crippen LogP contribution in [0.2, 0.25) is 0 Å². The summed E-state index contributed by atoms with van der Waals surface area (Å²) < 4.78 is 69.8. The SMILES string of the molecule is CCCCCCCCCCCCCCCCCC[C@H](O)[C@H](O)[C@H](CO[C@@H]1O[C@H](CO)[C@@H](O[C@H]2O[C@@H](CO)[C@H](O[C@@]3(C(=O)O)C[C@@H](O[C@H]4O[C@@H](CO)[C@H](O)[C@@H](O[C@H]5O[C@@H](CO)[C@H](O)[C@@H](O[C@H]6O[C@H]([C@H](O)CO)[C@@H](O)[C@@H]6O)[C@@H]5O)[C@@H]4O)[C@H](NC(C)=O)[C@@H]([C@H](O)[C@H](O)CO)O3)[C@@H](O)[C@@H]2O)[C@H](O)[C@H]1O)NC(=O)[C@H](O)CCCCCCCCCCCCCC. The van der Waals surface area contributed by atoms with Crippen molar-refractivity contribution in [2.75, 3.05) is 46.2 Å². The fourth-order valence-electron chi connectivity index (χ4n) is 16.1. The normalized spacial score (nSPS) is 36.3. The Balaban J connectivity index is 1.14. The van der Waals surface area contributed by atoms with Gasteiger partial charge in [0.25, 0.3) is 5.79 Å². The van der Waals surface area contributed by atoms with Crippen LogP contribution in [0.15, 0.2) is 0 Å². The van der Waals surface area contributed by atoms with E-state index in [0.717, 1.165) is 71.1 Å². The van der Waals surface area contributed by atoms with Gasteiger partial charge in [-0.3, -0.25) is 9.59 Å². The number of nitrogens with one attached hydrogen (secondary N) is 2. The van der Waals surface area contributed by atoms with Crippen molar-refractivity contribution in [2.24, 2.45) is 0 Å². The molecule has 6 heterocycles. The average Bonchev–Trinajstić information content (AvgIpc) is 1.06. The number of hydrogen-bond donors (Lipinski definition) is 25. The van der Waals surface area contributed by atoms with Gasteiger partial charge in [-0.1, -0.05) is 194 Å². The van der Waals surface area contributed by atoms with Crippen LogP contribution in [0.3, 0.4) is 0 Å². The number of rotatable bonds is 58. The molecule has 0 aromatic heterocycles. The number of carboxylic acid groups (broad SMARTS) is 1. The molecule has 119 heavy (non-hydrogen) atoms. The molecule has 6 aliphatic heterocycles. The van der Waals surface area contributed by atoms with Gasteiger partial charge in [0.05, 0.1) is 70.5 Å². The standard InChI is InChI=1S/C79H144N2O38/c1-4-6-8-10-12-14-16-18-19-20-21-23-24-26-28-30-32-44(89)54(93)43(81-72(105)45(90)33-31-29-27-25-22-17-15-13-11-9-7-5-2)41-108-73-61(100)59(98)67(51(39-86)112-73)115-74-63(102)60(99)68(52(40-87)113-74)118-79(78(106)107)34-48(53(80-42(3)88)69(119-79)55(94)46(91)35-82)109-76-64(103)70(56(95)49(37-84)110-76)117-77-65(104)71(57(96)50(38-85)111-77)116-75-62(101)58(97)66(114-75)47(92)36-83/h43-71,73-77,82-87,89-104H,4-41H2,1-3H3,(H,80,88)(H,81,105)(H,106,107)/t43-,44-,45+,46+,47+,48+,49-,50-,51+,52-,53-,54+,55+,56-,57-,58-,59+,60-,61+,62-,63-,64-,65-,66+,67+,68-,69-,70+,71+,73+,74+,75+,76-,77+,79-/m0/s1. The van der Waals surface area contributed by atoms with E-state index in [1.165, 1.54) is 103 Å². The number of carbonyl (C=O) groups excluding carboxylic acids is 2. The first-order valence-electron chi connectivity index (χ1n) is 43.1. The maximum absolute atomic E-state index is 14.0. The minimum Gasteiger partial charge on any atom is -0.477 e. The number of aliphatic hydroxyl groups excluding tert-OH is 22. The summed E-state index contributed by atoms with van der Waals surface area (Å²) in [6.07, 6.45) is -36.6. The predicted octanol–water partition coefficient (Wildman–Crippen LogP) is -4.42. The molecule has 2 amide bonds. The molecule has 0 unspecified atom stereocenters. The molecule has 0 aliphatic carbocycles. The Morgan fingerprint density at radius 3 is 1.27 bits per heavy atom. The van der Waals surface area contributed by atoms with E-state index in [-0.39, 0.29) is 12.8 Å². The highest BCUT2D eigenvalue weighted by Crippen LogP contribution is 2.42. The van der Waals surface area contributed by atoms with Crippen LogP contribution in [0, 0.1) is 0 Å². The van der Waals surface area contributed by atoms with Gasteiger partial charge in [-0.25, -0.2) is 4.79 Å². The quantitative estimate of drug-likeness (QED) is 0.0256. The highest BCUT2D eigenvalue weighted by Gasteiger charge is 2.63. The van der Waals surface area contributed by atoms with Crippen LogP contribution in [0.25, 0.3) is 0 Å². The Morgan fingerprint density at radius 2 is 0.815 bits per heavy atom. The number of amides is 2. The first-order chi connectivity index (χ1) is 56.9. The van der Waals surface area contributed by atoms with Crippen molar-refractivity contribution in [3.05, 3.63) is 0 Å². The van der Waals surface area contributed by atoms with Crippen molar-refractivity contribution in [1.29, 1.82) is 0 Å². The summed E-state index contributed by atoms with van der Waals surface area (Å²) in [7, 11) is 0. The molecule has 25 N–H and O–H groups in total. The molecule has 6 fully saturated rings. The van der Waals surface area contributed by atoms with Gasteiger partial charge in [0.15, 0.2) is 31.5 Å². The lowest BCUT2D eigenvalue weighted by molar-refractivity contribution is -0.395. The van der Waals surface area contributed by atoms with Gasteiger partial charge in [-0.2, -0.15) is 0 Å². The molecule has 40 heteroatoms. The third kappa shape index (κ3) is 30.6. The van der Waals surface area contributed by atoms with Gasteiger partial charge in [0, 0.05) is 13.3 Å². The molecule has 0 aromatic rings. The number of carbonyl (C=O) groups is 3. The maximum Gasteiger partial charge on any atom is 0.364 e. The Morgan fingerprint density at radius 1 is 0.420 bits per heavy atom. The van der Waals surface area contributed by atoms with Crippen LogP contribution >= 0.6 is 0 Å². The van der Waals surface area contributed by atoms with Gasteiger partial charge in [-0.15, -0.1) is 0 Å². The highest BCUT2D eigenvalue weighted by molar-refractivity contribution is 5.80. The van der Waals surface area contributed by atoms with Crippen LogP contribution in [0.1, 0.15) is 220 Å². The van der Waals surface area contributed by atoms with Gasteiger partial charge >= 0.3 is 5.97 Å². The third-order valence-corrected chi connectivity index (χ3v) is 23.3. The van der Waals surface area contributed by atoms with Crippen LogP contribution in [0.5, 0.6) is 0 Å². The van der Waals surface area contributed by atoms with Gasteiger partial charge in [-0.05, 0) is 12.8 Å². The molecule has 0 aromatic carbocycles. The van der Waals surface area contributed by atoms with Gasteiger partial charge in [0.2, 0.25) is 11.8 Å². The van der Waals surface area contributed by atoms with Crippen molar-refractivity contribution in [2.45, 2.75) is 434 Å². The van der Waals surface area contributed by atoms with E-state index in [0.29, 0.717) is 12.8 Å². The zero-order chi connectivity index (χ0) is 87.6. The Kier molecular flexibility index (Phi) is 47.8. The number of aliphatic hydroxyl groups is 22. The average molecular weight is 1730 g/mol. The topological polar surface area (TPSA) is 651 Å². The van der Waals surface area contributed by atoms with Crippen LogP contribution < -0.4 is 10.6 Å². The van der Waals surface area contributed by atoms with E-state index in [1.807, 2.05) is 0 Å². The zero-order valence-electron chi connectivity index (χ0n) is 68.9. The second-order valence-corrected chi connectivity index (χ2v) is 32.7. The van der Waals surface area contributed by atoms with Crippen molar-refractivity contribution in [3.8, 4) is 0 Å². The molecule has 40 nitrogen and oxygen atoms in total. The van der Waals surface area contributed by atoms with E-state index in [4.69, 9.17) is 56.8 Å². The molecular weight excluding hydrogens is 1580 g/mol. The van der Waals surface area contributed by atoms with Gasteiger partial charge in [0.1, 0.15) is 153 Å². The molecule has 6 rings (SSSR count). The van der Waals surface area contributed by atoms with Gasteiger partial charge < -0.3 is 185 Å². The monoisotopic (exact) mass is 1730 g/mol. The minimum absolute atomic E-state index is 0.0814. The van der Waals surface area contributed by atoms with Crippen LogP contribution in [-0.2, 0) is 71.2 Å². The number of aliphatic carboxylic acids is 1. The van der Waals surface area contributed by atoms with Crippen LogP contribution in [-0.4, -0.2) is 396 Å². The lowest BCUT2D eigenvalue weighted by atomic mass is 9.87. The van der Waals surface area contributed by atoms with E-state index in [2.05, 4.69) is 24.5 Å². The largest absolute Gasteiger partial charge is 0.477 e. The second-order valence-electron chi connectivity index (χ2n) is 32.7.